The van der Waals surface area contributed by atoms with Crippen molar-refractivity contribution in [1.29, 1.82) is 0 Å². The summed E-state index contributed by atoms with van der Waals surface area (Å²) in [4.78, 5) is 31.6. The number of amides is 1. The number of aliphatic carboxylic acids is 1. The molecule has 0 aliphatic carbocycles. The Balaban J connectivity index is 1.96. The summed E-state index contributed by atoms with van der Waals surface area (Å²) in [6, 6.07) is 1.90. The fraction of sp³-hybridized carbons (Fsp3) is 0.526. The molecule has 2 heterocycles. The van der Waals surface area contributed by atoms with Gasteiger partial charge in [-0.25, -0.2) is 14.6 Å². The second-order valence-corrected chi connectivity index (χ2v) is 6.74. The number of carbonyl (C=O) groups excluding carboxylic acids is 1. The molecule has 0 unspecified atom stereocenters. The van der Waals surface area contributed by atoms with Crippen LogP contribution in [-0.2, 0) is 16.0 Å². The zero-order valence-corrected chi connectivity index (χ0v) is 16.4. The van der Waals surface area contributed by atoms with E-state index in [1.807, 2.05) is 33.8 Å². The van der Waals surface area contributed by atoms with Crippen molar-refractivity contribution in [3.05, 3.63) is 34.4 Å². The summed E-state index contributed by atoms with van der Waals surface area (Å²) >= 11 is 0. The maximum Gasteiger partial charge on any atom is 0.303 e. The van der Waals surface area contributed by atoms with Crippen LogP contribution >= 0.6 is 0 Å². The van der Waals surface area contributed by atoms with Crippen LogP contribution < -0.4 is 5.32 Å². The van der Waals surface area contributed by atoms with Crippen LogP contribution in [0.3, 0.4) is 0 Å². The quantitative estimate of drug-likeness (QED) is 0.652. The lowest BCUT2D eigenvalue weighted by atomic mass is 10.1. The van der Waals surface area contributed by atoms with Gasteiger partial charge >= 0.3 is 5.97 Å². The zero-order valence-electron chi connectivity index (χ0n) is 16.4. The second-order valence-electron chi connectivity index (χ2n) is 6.74. The molecule has 0 spiro atoms. The predicted octanol–water partition coefficient (Wildman–Crippen LogP) is 2.20. The maximum absolute atomic E-state index is 12.2. The summed E-state index contributed by atoms with van der Waals surface area (Å²) in [5.41, 5.74) is 4.25. The Labute approximate surface area is 159 Å². The molecule has 0 aliphatic rings. The fourth-order valence-electron chi connectivity index (χ4n) is 2.96. The van der Waals surface area contributed by atoms with Gasteiger partial charge in [0.15, 0.2) is 0 Å². The highest BCUT2D eigenvalue weighted by molar-refractivity contribution is 5.79. The summed E-state index contributed by atoms with van der Waals surface area (Å²) in [6.45, 7) is 8.16. The van der Waals surface area contributed by atoms with Gasteiger partial charge in [0.2, 0.25) is 5.91 Å². The molecular weight excluding hydrogens is 346 g/mol. The van der Waals surface area contributed by atoms with Crippen LogP contribution in [0.4, 0.5) is 0 Å². The Morgan fingerprint density at radius 1 is 1.07 bits per heavy atom. The molecule has 8 heteroatoms. The number of carboxylic acid groups (broad SMARTS) is 1. The zero-order chi connectivity index (χ0) is 20.0. The molecule has 0 fully saturated rings. The first-order chi connectivity index (χ1) is 12.8. The van der Waals surface area contributed by atoms with E-state index in [2.05, 4.69) is 20.4 Å². The first kappa shape index (κ1) is 20.5. The number of aromatic nitrogens is 4. The summed E-state index contributed by atoms with van der Waals surface area (Å²) in [5.74, 6) is -0.340. The van der Waals surface area contributed by atoms with E-state index in [1.165, 1.54) is 0 Å². The predicted molar refractivity (Wildman–Crippen MR) is 101 cm³/mol. The lowest BCUT2D eigenvalue weighted by molar-refractivity contribution is -0.137. The molecule has 0 aromatic carbocycles. The molecule has 0 saturated heterocycles. The van der Waals surface area contributed by atoms with Crippen LogP contribution in [0.25, 0.3) is 5.95 Å². The van der Waals surface area contributed by atoms with Crippen molar-refractivity contribution < 1.29 is 14.7 Å². The molecule has 0 saturated carbocycles. The molecule has 0 radical (unpaired) electrons. The van der Waals surface area contributed by atoms with Gasteiger partial charge in [-0.2, -0.15) is 5.10 Å². The number of hydrogen-bond acceptors (Lipinski definition) is 5. The smallest absolute Gasteiger partial charge is 0.303 e. The molecular formula is C19H27N5O3. The fourth-order valence-corrected chi connectivity index (χ4v) is 2.96. The Hall–Kier alpha value is -2.77. The Morgan fingerprint density at radius 3 is 2.37 bits per heavy atom. The van der Waals surface area contributed by atoms with Gasteiger partial charge in [0.1, 0.15) is 0 Å². The minimum absolute atomic E-state index is 0.0691. The van der Waals surface area contributed by atoms with Gasteiger partial charge < -0.3 is 10.4 Å². The minimum atomic E-state index is -0.783. The van der Waals surface area contributed by atoms with Crippen molar-refractivity contribution in [2.75, 3.05) is 6.54 Å². The van der Waals surface area contributed by atoms with E-state index in [-0.39, 0.29) is 18.7 Å². The van der Waals surface area contributed by atoms with E-state index in [1.54, 1.807) is 4.68 Å². The first-order valence-corrected chi connectivity index (χ1v) is 9.14. The molecule has 0 bridgehead atoms. The van der Waals surface area contributed by atoms with Gasteiger partial charge in [-0.05, 0) is 46.6 Å². The molecule has 2 aromatic heterocycles. The highest BCUT2D eigenvalue weighted by Gasteiger charge is 2.17. The third-order valence-electron chi connectivity index (χ3n) is 4.33. The van der Waals surface area contributed by atoms with Crippen LogP contribution in [0.1, 0.15) is 54.0 Å². The normalized spacial score (nSPS) is 10.8. The third-order valence-corrected chi connectivity index (χ3v) is 4.33. The van der Waals surface area contributed by atoms with Gasteiger partial charge in [-0.3, -0.25) is 9.59 Å². The summed E-state index contributed by atoms with van der Waals surface area (Å²) in [5, 5.41) is 16.0. The molecule has 0 aliphatic heterocycles. The number of unbranched alkanes of at least 4 members (excludes halogenated alkanes) is 2. The van der Waals surface area contributed by atoms with Crippen LogP contribution in [0.2, 0.25) is 0 Å². The molecule has 146 valence electrons. The Bertz CT molecular complexity index is 809. The highest BCUT2D eigenvalue weighted by atomic mass is 16.4. The van der Waals surface area contributed by atoms with E-state index in [0.717, 1.165) is 41.2 Å². The Kier molecular flexibility index (Phi) is 7.04. The van der Waals surface area contributed by atoms with E-state index < -0.39 is 5.97 Å². The minimum Gasteiger partial charge on any atom is -0.481 e. The van der Waals surface area contributed by atoms with Crippen molar-refractivity contribution in [3.63, 3.8) is 0 Å². The van der Waals surface area contributed by atoms with Crippen LogP contribution in [0.15, 0.2) is 6.07 Å². The molecule has 27 heavy (non-hydrogen) atoms. The number of carbonyl (C=O) groups is 2. The molecule has 2 aromatic rings. The molecule has 1 amide bonds. The number of carboxylic acids is 1. The molecule has 0 atom stereocenters. The van der Waals surface area contributed by atoms with Crippen molar-refractivity contribution in [2.24, 2.45) is 0 Å². The lowest BCUT2D eigenvalue weighted by Gasteiger charge is -2.07. The molecule has 8 nitrogen and oxygen atoms in total. The van der Waals surface area contributed by atoms with Gasteiger partial charge in [-0.1, -0.05) is 6.42 Å². The van der Waals surface area contributed by atoms with Crippen molar-refractivity contribution in [2.45, 2.75) is 59.8 Å². The largest absolute Gasteiger partial charge is 0.481 e. The van der Waals surface area contributed by atoms with Gasteiger partial charge in [0.25, 0.3) is 5.95 Å². The molecule has 2 rings (SSSR count). The van der Waals surface area contributed by atoms with E-state index >= 15 is 0 Å². The van der Waals surface area contributed by atoms with Crippen molar-refractivity contribution in [3.8, 4) is 5.95 Å². The van der Waals surface area contributed by atoms with Crippen molar-refractivity contribution >= 4 is 11.9 Å². The highest BCUT2D eigenvalue weighted by Crippen LogP contribution is 2.17. The second kappa shape index (κ2) is 9.25. The number of rotatable bonds is 9. The average Bonchev–Trinajstić information content (AvgIpc) is 2.85. The number of aryl methyl sites for hydroxylation is 3. The van der Waals surface area contributed by atoms with Crippen LogP contribution in [-0.4, -0.2) is 43.3 Å². The number of nitrogens with zero attached hydrogens (tertiary/aromatic N) is 4. The lowest BCUT2D eigenvalue weighted by Crippen LogP contribution is -2.26. The summed E-state index contributed by atoms with van der Waals surface area (Å²) < 4.78 is 1.68. The van der Waals surface area contributed by atoms with E-state index in [9.17, 15) is 9.59 Å². The molecule has 2 N–H and O–H groups in total. The SMILES string of the molecule is Cc1cc(C)nc(-n2nc(C)c(CC(=O)NCCCCCC(=O)O)c2C)n1. The monoisotopic (exact) mass is 373 g/mol. The van der Waals surface area contributed by atoms with E-state index in [0.29, 0.717) is 18.9 Å². The number of nitrogens with one attached hydrogen (secondary N) is 1. The van der Waals surface area contributed by atoms with Gasteiger partial charge in [-0.15, -0.1) is 0 Å². The van der Waals surface area contributed by atoms with Crippen molar-refractivity contribution in [1.82, 2.24) is 25.1 Å². The summed E-state index contributed by atoms with van der Waals surface area (Å²) in [6.07, 6.45) is 2.61. The first-order valence-electron chi connectivity index (χ1n) is 9.14. The standard InChI is InChI=1S/C19H27N5O3/c1-12-10-13(2)22-19(21-12)24-15(4)16(14(3)23-24)11-17(25)20-9-7-5-6-8-18(26)27/h10H,5-9,11H2,1-4H3,(H,20,25)(H,26,27). The maximum atomic E-state index is 12.2. The van der Waals surface area contributed by atoms with Gasteiger partial charge in [0.05, 0.1) is 12.1 Å². The average molecular weight is 373 g/mol. The Morgan fingerprint density at radius 2 is 1.74 bits per heavy atom. The van der Waals surface area contributed by atoms with Crippen LogP contribution in [0, 0.1) is 27.7 Å². The number of hydrogen-bond donors (Lipinski definition) is 2. The van der Waals surface area contributed by atoms with E-state index in [4.69, 9.17) is 5.11 Å². The van der Waals surface area contributed by atoms with Crippen LogP contribution in [0.5, 0.6) is 0 Å². The summed E-state index contributed by atoms with van der Waals surface area (Å²) in [7, 11) is 0. The van der Waals surface area contributed by atoms with Gasteiger partial charge in [0, 0.05) is 35.6 Å². The third kappa shape index (κ3) is 5.87. The topological polar surface area (TPSA) is 110 Å².